The number of esters is 1. The Balaban J connectivity index is 2.62. The number of aliphatic hydroxyl groups excluding tert-OH is 1. The van der Waals surface area contributed by atoms with Crippen LogP contribution < -0.4 is 0 Å². The van der Waals surface area contributed by atoms with Gasteiger partial charge < -0.3 is 14.6 Å². The fourth-order valence-electron chi connectivity index (χ4n) is 2.58. The molecule has 122 valence electrons. The lowest BCUT2D eigenvalue weighted by Gasteiger charge is -2.33. The van der Waals surface area contributed by atoms with Crippen LogP contribution in [0.3, 0.4) is 0 Å². The maximum absolute atomic E-state index is 12.4. The van der Waals surface area contributed by atoms with Gasteiger partial charge in [0.15, 0.2) is 5.60 Å². The molecule has 0 heterocycles. The minimum absolute atomic E-state index is 0.237. The molecular weight excluding hydrogens is 268 g/mol. The lowest BCUT2D eigenvalue weighted by molar-refractivity contribution is -0.183. The highest BCUT2D eigenvalue weighted by atomic mass is 16.6. The van der Waals surface area contributed by atoms with Gasteiger partial charge in [0, 0.05) is 6.42 Å². The summed E-state index contributed by atoms with van der Waals surface area (Å²) in [6.45, 7) is 11.5. The summed E-state index contributed by atoms with van der Waals surface area (Å²) in [5.74, 6) is -0.0495. The van der Waals surface area contributed by atoms with Gasteiger partial charge in [0.05, 0.1) is 12.7 Å². The lowest BCUT2D eigenvalue weighted by atomic mass is 9.87. The summed E-state index contributed by atoms with van der Waals surface area (Å²) in [5.41, 5.74) is -1.54. The van der Waals surface area contributed by atoms with Crippen molar-refractivity contribution in [1.82, 2.24) is 0 Å². The van der Waals surface area contributed by atoms with Crippen molar-refractivity contribution >= 4 is 5.97 Å². The molecule has 0 amide bonds. The maximum atomic E-state index is 12.4. The van der Waals surface area contributed by atoms with Crippen LogP contribution in [0.25, 0.3) is 0 Å². The average molecular weight is 298 g/mol. The fourth-order valence-corrected chi connectivity index (χ4v) is 2.58. The van der Waals surface area contributed by atoms with Crippen LogP contribution in [0.15, 0.2) is 12.7 Å². The van der Waals surface area contributed by atoms with Gasteiger partial charge in [-0.15, -0.1) is 6.58 Å². The number of ether oxygens (including phenoxy) is 2. The molecule has 0 aromatic heterocycles. The summed E-state index contributed by atoms with van der Waals surface area (Å²) in [6, 6.07) is 0. The highest BCUT2D eigenvalue weighted by Gasteiger charge is 2.38. The van der Waals surface area contributed by atoms with E-state index in [-0.39, 0.29) is 12.1 Å². The Kier molecular flexibility index (Phi) is 6.41. The standard InChI is InChI=1S/C17H30O4/c1-6-10-17(5,15(19)21-16(2,3)4)20-12-13-8-7-9-14(18)11-13/h6,13-14,18H,1,7-12H2,2-5H3/t13-,14+,17?/m1/s1. The first-order valence-electron chi connectivity index (χ1n) is 7.82. The van der Waals surface area contributed by atoms with Gasteiger partial charge in [0.25, 0.3) is 0 Å². The molecule has 0 spiro atoms. The molecule has 1 aliphatic rings. The number of hydrogen-bond donors (Lipinski definition) is 1. The van der Waals surface area contributed by atoms with E-state index in [0.717, 1.165) is 25.7 Å². The number of carbonyl (C=O) groups excluding carboxylic acids is 1. The SMILES string of the molecule is C=CCC(C)(OC[C@@H]1CCC[C@H](O)C1)C(=O)OC(C)(C)C. The van der Waals surface area contributed by atoms with Crippen molar-refractivity contribution in [1.29, 1.82) is 0 Å². The number of carbonyl (C=O) groups is 1. The molecule has 1 N–H and O–H groups in total. The summed E-state index contributed by atoms with van der Waals surface area (Å²) >= 11 is 0. The van der Waals surface area contributed by atoms with E-state index in [2.05, 4.69) is 6.58 Å². The predicted molar refractivity (Wildman–Crippen MR) is 83.0 cm³/mol. The minimum Gasteiger partial charge on any atom is -0.458 e. The first kappa shape index (κ1) is 18.2. The monoisotopic (exact) mass is 298 g/mol. The van der Waals surface area contributed by atoms with E-state index in [4.69, 9.17) is 9.47 Å². The zero-order chi connectivity index (χ0) is 16.1. The normalized spacial score (nSPS) is 26.0. The Bertz CT molecular complexity index is 358. The van der Waals surface area contributed by atoms with E-state index < -0.39 is 11.2 Å². The van der Waals surface area contributed by atoms with Crippen LogP contribution in [-0.2, 0) is 14.3 Å². The molecule has 1 rings (SSSR count). The highest BCUT2D eigenvalue weighted by molar-refractivity contribution is 5.79. The Morgan fingerprint density at radius 3 is 2.52 bits per heavy atom. The Labute approximate surface area is 128 Å². The summed E-state index contributed by atoms with van der Waals surface area (Å²) in [4.78, 5) is 12.4. The zero-order valence-corrected chi connectivity index (χ0v) is 13.9. The molecule has 21 heavy (non-hydrogen) atoms. The van der Waals surface area contributed by atoms with E-state index in [9.17, 15) is 9.90 Å². The Morgan fingerprint density at radius 1 is 1.33 bits per heavy atom. The minimum atomic E-state index is -1.00. The van der Waals surface area contributed by atoms with Crippen LogP contribution in [-0.4, -0.2) is 35.0 Å². The van der Waals surface area contributed by atoms with Gasteiger partial charge in [-0.3, -0.25) is 0 Å². The van der Waals surface area contributed by atoms with Crippen molar-refractivity contribution < 1.29 is 19.4 Å². The molecule has 1 unspecified atom stereocenters. The molecule has 1 aliphatic carbocycles. The van der Waals surface area contributed by atoms with Crippen molar-refractivity contribution in [2.75, 3.05) is 6.61 Å². The fraction of sp³-hybridized carbons (Fsp3) is 0.824. The van der Waals surface area contributed by atoms with E-state index in [1.165, 1.54) is 0 Å². The second-order valence-corrected chi connectivity index (χ2v) is 7.22. The Morgan fingerprint density at radius 2 is 2.00 bits per heavy atom. The molecule has 0 bridgehead atoms. The topological polar surface area (TPSA) is 55.8 Å². The first-order chi connectivity index (χ1) is 9.66. The summed E-state index contributed by atoms with van der Waals surface area (Å²) < 4.78 is 11.4. The molecule has 4 heteroatoms. The number of aliphatic hydroxyl groups is 1. The van der Waals surface area contributed by atoms with E-state index >= 15 is 0 Å². The Hall–Kier alpha value is -0.870. The van der Waals surface area contributed by atoms with Crippen LogP contribution in [0.4, 0.5) is 0 Å². The highest BCUT2D eigenvalue weighted by Crippen LogP contribution is 2.28. The summed E-state index contributed by atoms with van der Waals surface area (Å²) in [7, 11) is 0. The van der Waals surface area contributed by atoms with Crippen LogP contribution in [0.5, 0.6) is 0 Å². The third-order valence-electron chi connectivity index (χ3n) is 3.76. The van der Waals surface area contributed by atoms with Crippen LogP contribution in [0, 0.1) is 5.92 Å². The molecule has 1 fully saturated rings. The molecule has 4 nitrogen and oxygen atoms in total. The van der Waals surface area contributed by atoms with Crippen molar-refractivity contribution in [3.8, 4) is 0 Å². The second kappa shape index (κ2) is 7.41. The van der Waals surface area contributed by atoms with Gasteiger partial charge in [-0.1, -0.05) is 12.5 Å². The molecule has 0 aromatic rings. The predicted octanol–water partition coefficient (Wildman–Crippen LogP) is 3.23. The quantitative estimate of drug-likeness (QED) is 0.604. The van der Waals surface area contributed by atoms with Crippen LogP contribution >= 0.6 is 0 Å². The third kappa shape index (κ3) is 6.18. The van der Waals surface area contributed by atoms with E-state index in [1.54, 1.807) is 13.0 Å². The smallest absolute Gasteiger partial charge is 0.338 e. The average Bonchev–Trinajstić information content (AvgIpc) is 2.35. The molecule has 0 aromatic carbocycles. The molecule has 3 atom stereocenters. The summed E-state index contributed by atoms with van der Waals surface area (Å²) in [5, 5.41) is 9.71. The number of rotatable bonds is 6. The van der Waals surface area contributed by atoms with E-state index in [1.807, 2.05) is 20.8 Å². The molecule has 0 aliphatic heterocycles. The van der Waals surface area contributed by atoms with Gasteiger partial charge in [-0.2, -0.15) is 0 Å². The van der Waals surface area contributed by atoms with Gasteiger partial charge >= 0.3 is 5.97 Å². The molecule has 1 saturated carbocycles. The third-order valence-corrected chi connectivity index (χ3v) is 3.76. The van der Waals surface area contributed by atoms with Gasteiger partial charge in [-0.05, 0) is 52.9 Å². The van der Waals surface area contributed by atoms with Crippen molar-refractivity contribution in [3.63, 3.8) is 0 Å². The lowest BCUT2D eigenvalue weighted by Crippen LogP contribution is -2.44. The second-order valence-electron chi connectivity index (χ2n) is 7.22. The molecular formula is C17H30O4. The summed E-state index contributed by atoms with van der Waals surface area (Å²) in [6.07, 6.45) is 5.52. The van der Waals surface area contributed by atoms with E-state index in [0.29, 0.717) is 18.9 Å². The largest absolute Gasteiger partial charge is 0.458 e. The van der Waals surface area contributed by atoms with Crippen molar-refractivity contribution in [2.45, 2.75) is 77.1 Å². The first-order valence-corrected chi connectivity index (χ1v) is 7.82. The van der Waals surface area contributed by atoms with Gasteiger partial charge in [-0.25, -0.2) is 4.79 Å². The van der Waals surface area contributed by atoms with Gasteiger partial charge in [0.2, 0.25) is 0 Å². The van der Waals surface area contributed by atoms with Crippen molar-refractivity contribution in [2.24, 2.45) is 5.92 Å². The maximum Gasteiger partial charge on any atom is 0.338 e. The molecule has 0 radical (unpaired) electrons. The van der Waals surface area contributed by atoms with Gasteiger partial charge in [0.1, 0.15) is 5.60 Å². The van der Waals surface area contributed by atoms with Crippen molar-refractivity contribution in [3.05, 3.63) is 12.7 Å². The van der Waals surface area contributed by atoms with Crippen LogP contribution in [0.2, 0.25) is 0 Å². The zero-order valence-electron chi connectivity index (χ0n) is 13.9. The molecule has 0 saturated heterocycles. The number of hydrogen-bond acceptors (Lipinski definition) is 4. The van der Waals surface area contributed by atoms with Crippen LogP contribution in [0.1, 0.15) is 59.8 Å².